The number of aromatic nitrogens is 1. The molecule has 0 N–H and O–H groups in total. The van der Waals surface area contributed by atoms with Gasteiger partial charge in [0.2, 0.25) is 5.91 Å². The first-order chi connectivity index (χ1) is 10.6. The number of anilines is 1. The van der Waals surface area contributed by atoms with Gasteiger partial charge >= 0.3 is 0 Å². The minimum Gasteiger partial charge on any atom is -0.284 e. The zero-order valence-electron chi connectivity index (χ0n) is 13.2. The summed E-state index contributed by atoms with van der Waals surface area (Å²) >= 11 is 1.50. The number of nitrogens with zero attached hydrogens (tertiary/aromatic N) is 2. The van der Waals surface area contributed by atoms with Gasteiger partial charge in [-0.1, -0.05) is 50.3 Å². The molecule has 0 atom stereocenters. The average molecular weight is 314 g/mol. The van der Waals surface area contributed by atoms with E-state index in [0.717, 1.165) is 22.8 Å². The first-order valence-corrected chi connectivity index (χ1v) is 8.42. The van der Waals surface area contributed by atoms with Crippen LogP contribution in [0.2, 0.25) is 0 Å². The first-order valence-electron chi connectivity index (χ1n) is 7.54. The highest BCUT2D eigenvalue weighted by atomic mass is 32.1. The Hall–Kier alpha value is -1.94. The van der Waals surface area contributed by atoms with Crippen LogP contribution in [0.15, 0.2) is 48.4 Å². The second-order valence-corrected chi connectivity index (χ2v) is 6.44. The van der Waals surface area contributed by atoms with Gasteiger partial charge in [0.25, 0.3) is 0 Å². The van der Waals surface area contributed by atoms with Crippen LogP contribution in [0.1, 0.15) is 26.7 Å². The Kier molecular flexibility index (Phi) is 5.90. The van der Waals surface area contributed by atoms with E-state index >= 15 is 0 Å². The fourth-order valence-electron chi connectivity index (χ4n) is 2.09. The SMILES string of the molecule is C=CCN(C(=O)CCC(C)C)c1nc(-c2ccccc2)cs1. The van der Waals surface area contributed by atoms with Crippen molar-refractivity contribution >= 4 is 22.4 Å². The van der Waals surface area contributed by atoms with Crippen molar-refractivity contribution in [2.24, 2.45) is 5.92 Å². The highest BCUT2D eigenvalue weighted by Crippen LogP contribution is 2.28. The molecule has 22 heavy (non-hydrogen) atoms. The van der Waals surface area contributed by atoms with E-state index in [1.807, 2.05) is 35.7 Å². The maximum atomic E-state index is 12.4. The Morgan fingerprint density at radius 2 is 2.09 bits per heavy atom. The van der Waals surface area contributed by atoms with Gasteiger partial charge in [-0.05, 0) is 12.3 Å². The Labute approximate surface area is 136 Å². The molecule has 0 spiro atoms. The summed E-state index contributed by atoms with van der Waals surface area (Å²) in [4.78, 5) is 18.8. The number of rotatable bonds is 7. The van der Waals surface area contributed by atoms with E-state index < -0.39 is 0 Å². The van der Waals surface area contributed by atoms with Crippen LogP contribution in [0.25, 0.3) is 11.3 Å². The Morgan fingerprint density at radius 3 is 2.73 bits per heavy atom. The number of carbonyl (C=O) groups is 1. The van der Waals surface area contributed by atoms with Crippen molar-refractivity contribution in [2.45, 2.75) is 26.7 Å². The molecule has 116 valence electrons. The molecule has 2 aromatic rings. The fourth-order valence-corrected chi connectivity index (χ4v) is 2.95. The monoisotopic (exact) mass is 314 g/mol. The molecule has 0 saturated heterocycles. The van der Waals surface area contributed by atoms with E-state index in [1.54, 1.807) is 11.0 Å². The number of thiazole rings is 1. The molecule has 4 heteroatoms. The lowest BCUT2D eigenvalue weighted by atomic mass is 10.1. The number of carbonyl (C=O) groups excluding carboxylic acids is 1. The number of benzene rings is 1. The lowest BCUT2D eigenvalue weighted by molar-refractivity contribution is -0.118. The lowest BCUT2D eigenvalue weighted by Gasteiger charge is -2.18. The summed E-state index contributed by atoms with van der Waals surface area (Å²) < 4.78 is 0. The van der Waals surface area contributed by atoms with Gasteiger partial charge in [-0.3, -0.25) is 9.69 Å². The van der Waals surface area contributed by atoms with E-state index in [4.69, 9.17) is 0 Å². The zero-order valence-corrected chi connectivity index (χ0v) is 14.0. The molecule has 0 aliphatic heterocycles. The number of hydrogen-bond donors (Lipinski definition) is 0. The molecule has 1 aromatic heterocycles. The molecule has 0 fully saturated rings. The second kappa shape index (κ2) is 7.90. The smallest absolute Gasteiger partial charge is 0.229 e. The standard InChI is InChI=1S/C18H22N2OS/c1-4-12-20(17(21)11-10-14(2)3)18-19-16(13-22-18)15-8-6-5-7-9-15/h4-9,13-14H,1,10-12H2,2-3H3. The Bertz CT molecular complexity index is 619. The molecular formula is C18H22N2OS. The minimum absolute atomic E-state index is 0.113. The average Bonchev–Trinajstić information content (AvgIpc) is 3.00. The number of amides is 1. The highest BCUT2D eigenvalue weighted by molar-refractivity contribution is 7.14. The zero-order chi connectivity index (χ0) is 15.9. The van der Waals surface area contributed by atoms with E-state index in [-0.39, 0.29) is 5.91 Å². The normalized spacial score (nSPS) is 10.7. The summed E-state index contributed by atoms with van der Waals surface area (Å²) in [6.07, 6.45) is 3.19. The second-order valence-electron chi connectivity index (χ2n) is 5.61. The van der Waals surface area contributed by atoms with Crippen LogP contribution in [0, 0.1) is 5.92 Å². The van der Waals surface area contributed by atoms with Crippen molar-refractivity contribution in [1.82, 2.24) is 4.98 Å². The Morgan fingerprint density at radius 1 is 1.36 bits per heavy atom. The van der Waals surface area contributed by atoms with Gasteiger partial charge in [0.05, 0.1) is 5.69 Å². The Balaban J connectivity index is 2.17. The molecule has 1 heterocycles. The van der Waals surface area contributed by atoms with Gasteiger partial charge in [0.1, 0.15) is 0 Å². The molecule has 0 saturated carbocycles. The molecule has 0 aliphatic rings. The highest BCUT2D eigenvalue weighted by Gasteiger charge is 2.18. The van der Waals surface area contributed by atoms with Gasteiger partial charge in [-0.2, -0.15) is 0 Å². The van der Waals surface area contributed by atoms with Crippen LogP contribution >= 0.6 is 11.3 Å². The quantitative estimate of drug-likeness (QED) is 0.690. The topological polar surface area (TPSA) is 33.2 Å². The molecule has 1 amide bonds. The van der Waals surface area contributed by atoms with Crippen LogP contribution in [-0.2, 0) is 4.79 Å². The maximum Gasteiger partial charge on any atom is 0.229 e. The third-order valence-electron chi connectivity index (χ3n) is 3.34. The van der Waals surface area contributed by atoms with Gasteiger partial charge in [0, 0.05) is 23.9 Å². The summed E-state index contributed by atoms with van der Waals surface area (Å²) in [6, 6.07) is 10.0. The predicted molar refractivity (Wildman–Crippen MR) is 94.2 cm³/mol. The van der Waals surface area contributed by atoms with E-state index in [2.05, 4.69) is 25.4 Å². The van der Waals surface area contributed by atoms with Crippen LogP contribution < -0.4 is 4.90 Å². The predicted octanol–water partition coefficient (Wildman–Crippen LogP) is 4.77. The van der Waals surface area contributed by atoms with Crippen molar-refractivity contribution < 1.29 is 4.79 Å². The third-order valence-corrected chi connectivity index (χ3v) is 4.20. The van der Waals surface area contributed by atoms with Crippen LogP contribution in [-0.4, -0.2) is 17.4 Å². The first kappa shape index (κ1) is 16.4. The fraction of sp³-hybridized carbons (Fsp3) is 0.333. The van der Waals surface area contributed by atoms with Crippen molar-refractivity contribution in [3.63, 3.8) is 0 Å². The van der Waals surface area contributed by atoms with Crippen LogP contribution in [0.3, 0.4) is 0 Å². The minimum atomic E-state index is 0.113. The molecule has 3 nitrogen and oxygen atoms in total. The van der Waals surface area contributed by atoms with Crippen molar-refractivity contribution in [3.8, 4) is 11.3 Å². The summed E-state index contributed by atoms with van der Waals surface area (Å²) in [6.45, 7) is 8.50. The molecular weight excluding hydrogens is 292 g/mol. The lowest BCUT2D eigenvalue weighted by Crippen LogP contribution is -2.31. The molecule has 0 radical (unpaired) electrons. The van der Waals surface area contributed by atoms with E-state index in [1.165, 1.54) is 11.3 Å². The molecule has 0 unspecified atom stereocenters. The van der Waals surface area contributed by atoms with Crippen molar-refractivity contribution in [1.29, 1.82) is 0 Å². The summed E-state index contributed by atoms with van der Waals surface area (Å²) in [5.41, 5.74) is 1.98. The van der Waals surface area contributed by atoms with Crippen LogP contribution in [0.5, 0.6) is 0 Å². The summed E-state index contributed by atoms with van der Waals surface area (Å²) in [5.74, 6) is 0.633. The van der Waals surface area contributed by atoms with Gasteiger partial charge < -0.3 is 0 Å². The largest absolute Gasteiger partial charge is 0.284 e. The maximum absolute atomic E-state index is 12.4. The summed E-state index contributed by atoms with van der Waals surface area (Å²) in [5, 5.41) is 2.74. The third kappa shape index (κ3) is 4.28. The van der Waals surface area contributed by atoms with Gasteiger partial charge in [-0.25, -0.2) is 4.98 Å². The van der Waals surface area contributed by atoms with E-state index in [9.17, 15) is 4.79 Å². The van der Waals surface area contributed by atoms with Gasteiger partial charge in [-0.15, -0.1) is 17.9 Å². The van der Waals surface area contributed by atoms with Gasteiger partial charge in [0.15, 0.2) is 5.13 Å². The molecule has 0 aliphatic carbocycles. The van der Waals surface area contributed by atoms with Crippen LogP contribution in [0.4, 0.5) is 5.13 Å². The number of hydrogen-bond acceptors (Lipinski definition) is 3. The summed E-state index contributed by atoms with van der Waals surface area (Å²) in [7, 11) is 0. The molecule has 1 aromatic carbocycles. The molecule has 2 rings (SSSR count). The van der Waals surface area contributed by atoms with E-state index in [0.29, 0.717) is 18.9 Å². The molecule has 0 bridgehead atoms. The van der Waals surface area contributed by atoms with Crippen molar-refractivity contribution in [2.75, 3.05) is 11.4 Å². The van der Waals surface area contributed by atoms with Crippen molar-refractivity contribution in [3.05, 3.63) is 48.4 Å².